The molecule has 15 heteroatoms. The zero-order valence-corrected chi connectivity index (χ0v) is 22.1. The minimum Gasteiger partial charge on any atom is -0.471 e. The first-order chi connectivity index (χ1) is 18.5. The second-order valence-corrected chi connectivity index (χ2v) is 9.74. The molecule has 6 N–H and O–H groups in total. The molecule has 39 heavy (non-hydrogen) atoms. The van der Waals surface area contributed by atoms with Gasteiger partial charge in [0.2, 0.25) is 11.8 Å². The maximum absolute atomic E-state index is 14.1. The maximum Gasteiger partial charge on any atom is 0.319 e. The Morgan fingerprint density at radius 1 is 1.21 bits per heavy atom. The van der Waals surface area contributed by atoms with Crippen LogP contribution in [0.4, 0.5) is 18.6 Å². The van der Waals surface area contributed by atoms with Crippen molar-refractivity contribution in [3.8, 4) is 5.88 Å². The monoisotopic (exact) mass is 571 g/mol. The number of primary amides is 1. The Labute approximate surface area is 227 Å². The van der Waals surface area contributed by atoms with Crippen molar-refractivity contribution in [2.75, 3.05) is 38.2 Å². The van der Waals surface area contributed by atoms with Gasteiger partial charge in [-0.2, -0.15) is 4.37 Å². The number of amides is 4. The number of aliphatic hydroxyl groups is 2. The van der Waals surface area contributed by atoms with Crippen molar-refractivity contribution in [3.63, 3.8) is 0 Å². The molecule has 2 unspecified atom stereocenters. The number of aryl methyl sites for hydroxylation is 1. The number of hydrogen-bond acceptors (Lipinski definition) is 9. The Bertz CT molecular complexity index is 1150. The lowest BCUT2D eigenvalue weighted by Crippen LogP contribution is -2.42. The Morgan fingerprint density at radius 3 is 2.51 bits per heavy atom. The summed E-state index contributed by atoms with van der Waals surface area (Å²) in [4.78, 5) is 38.0. The number of nitrogens with one attached hydrogen (secondary N) is 2. The smallest absolute Gasteiger partial charge is 0.319 e. The fourth-order valence-corrected chi connectivity index (χ4v) is 4.58. The number of morpholine rings is 1. The minimum atomic E-state index is -1.04. The molecule has 1 aromatic carbocycles. The normalized spacial score (nSPS) is 14.9. The third kappa shape index (κ3) is 8.81. The van der Waals surface area contributed by atoms with E-state index in [1.54, 1.807) is 4.90 Å². The lowest BCUT2D eigenvalue weighted by molar-refractivity contribution is -0.137. The van der Waals surface area contributed by atoms with Crippen molar-refractivity contribution < 1.29 is 42.9 Å². The molecule has 2 heterocycles. The molecule has 1 saturated heterocycles. The van der Waals surface area contributed by atoms with Crippen LogP contribution < -0.4 is 21.1 Å². The van der Waals surface area contributed by atoms with Gasteiger partial charge in [-0.05, 0) is 49.0 Å². The summed E-state index contributed by atoms with van der Waals surface area (Å²) < 4.78 is 42.6. The topological polar surface area (TPSA) is 176 Å². The molecule has 1 aliphatic heterocycles. The molecule has 214 valence electrons. The van der Waals surface area contributed by atoms with E-state index in [1.807, 2.05) is 0 Å². The molecule has 0 bridgehead atoms. The number of halogens is 2. The summed E-state index contributed by atoms with van der Waals surface area (Å²) in [5.74, 6) is -3.13. The van der Waals surface area contributed by atoms with Gasteiger partial charge in [0, 0.05) is 19.6 Å². The predicted octanol–water partition coefficient (Wildman–Crippen LogP) is 1.28. The van der Waals surface area contributed by atoms with Crippen LogP contribution in [0.15, 0.2) is 12.1 Å². The maximum atomic E-state index is 14.1. The molecule has 12 nitrogen and oxygen atoms in total. The number of anilines is 1. The number of urea groups is 1. The van der Waals surface area contributed by atoms with Crippen LogP contribution in [-0.2, 0) is 16.1 Å². The number of hydrogen-bond donors (Lipinski definition) is 5. The molecule has 2 atom stereocenters. The number of aromatic nitrogens is 1. The highest BCUT2D eigenvalue weighted by Crippen LogP contribution is 2.31. The van der Waals surface area contributed by atoms with Crippen molar-refractivity contribution in [1.82, 2.24) is 14.6 Å². The number of benzene rings is 1. The van der Waals surface area contributed by atoms with Crippen LogP contribution >= 0.6 is 11.5 Å². The van der Waals surface area contributed by atoms with Crippen LogP contribution in [0.3, 0.4) is 0 Å². The van der Waals surface area contributed by atoms with Gasteiger partial charge in [-0.15, -0.1) is 0 Å². The zero-order chi connectivity index (χ0) is 28.5. The molecule has 0 spiro atoms. The van der Waals surface area contributed by atoms with Gasteiger partial charge in [-0.3, -0.25) is 14.9 Å². The second-order valence-electron chi connectivity index (χ2n) is 8.96. The van der Waals surface area contributed by atoms with Gasteiger partial charge >= 0.3 is 6.03 Å². The Kier molecular flexibility index (Phi) is 10.9. The van der Waals surface area contributed by atoms with Gasteiger partial charge < -0.3 is 35.6 Å². The highest BCUT2D eigenvalue weighted by atomic mass is 32.1. The van der Waals surface area contributed by atoms with E-state index in [-0.39, 0.29) is 53.7 Å². The number of carbonyl (C=O) groups is 3. The van der Waals surface area contributed by atoms with Crippen LogP contribution in [-0.4, -0.2) is 82.4 Å². The van der Waals surface area contributed by atoms with Crippen LogP contribution in [0.25, 0.3) is 0 Å². The van der Waals surface area contributed by atoms with Crippen molar-refractivity contribution >= 4 is 34.4 Å². The fraction of sp³-hybridized carbons (Fsp3) is 0.500. The number of aliphatic hydroxyl groups excluding tert-OH is 2. The van der Waals surface area contributed by atoms with Gasteiger partial charge in [0.05, 0.1) is 37.4 Å². The molecule has 0 radical (unpaired) electrons. The molecular formula is C24H31F2N5O7S. The number of ether oxygens (including phenoxy) is 2. The van der Waals surface area contributed by atoms with Gasteiger partial charge in [0.25, 0.3) is 5.91 Å². The van der Waals surface area contributed by atoms with E-state index in [2.05, 4.69) is 15.0 Å². The number of rotatable bonds is 12. The number of carbonyl (C=O) groups excluding carboxylic acids is 3. The van der Waals surface area contributed by atoms with Gasteiger partial charge in [0.15, 0.2) is 0 Å². The summed E-state index contributed by atoms with van der Waals surface area (Å²) in [6, 6.07) is 1.54. The van der Waals surface area contributed by atoms with Crippen molar-refractivity contribution in [3.05, 3.63) is 40.5 Å². The molecule has 2 aromatic rings. The molecule has 0 saturated carbocycles. The summed E-state index contributed by atoms with van der Waals surface area (Å²) in [7, 11) is 0. The third-order valence-electron chi connectivity index (χ3n) is 5.85. The van der Waals surface area contributed by atoms with E-state index in [0.717, 1.165) is 12.1 Å². The molecule has 1 fully saturated rings. The van der Waals surface area contributed by atoms with E-state index in [0.29, 0.717) is 43.4 Å². The molecule has 1 aliphatic rings. The van der Waals surface area contributed by atoms with E-state index in [1.165, 1.54) is 6.92 Å². The first kappa shape index (κ1) is 30.1. The largest absolute Gasteiger partial charge is 0.471 e. The summed E-state index contributed by atoms with van der Waals surface area (Å²) in [5.41, 5.74) is 5.16. The van der Waals surface area contributed by atoms with E-state index in [4.69, 9.17) is 15.2 Å². The zero-order valence-electron chi connectivity index (χ0n) is 21.2. The predicted molar refractivity (Wildman–Crippen MR) is 136 cm³/mol. The second kappa shape index (κ2) is 14.1. The summed E-state index contributed by atoms with van der Waals surface area (Å²) >= 11 is 0.683. The minimum absolute atomic E-state index is 0.0111. The SMILES string of the molecule is Cc1cc(F)c(COc2nsc(NC(=O)NCCC(O)CC(O)CC(=O)N3CCOCC3)c2C(N)=O)c(F)c1. The summed E-state index contributed by atoms with van der Waals surface area (Å²) in [6.45, 7) is 2.80. The lowest BCUT2D eigenvalue weighted by atomic mass is 10.1. The van der Waals surface area contributed by atoms with Crippen molar-refractivity contribution in [1.29, 1.82) is 0 Å². The van der Waals surface area contributed by atoms with Crippen LogP contribution in [0.1, 0.15) is 40.7 Å². The highest BCUT2D eigenvalue weighted by molar-refractivity contribution is 7.11. The van der Waals surface area contributed by atoms with Gasteiger partial charge in [-0.25, -0.2) is 13.6 Å². The molecule has 3 rings (SSSR count). The number of nitrogens with zero attached hydrogens (tertiary/aromatic N) is 2. The Morgan fingerprint density at radius 2 is 1.87 bits per heavy atom. The van der Waals surface area contributed by atoms with Gasteiger partial charge in [0.1, 0.15) is 28.8 Å². The van der Waals surface area contributed by atoms with Crippen LogP contribution in [0, 0.1) is 18.6 Å². The summed E-state index contributed by atoms with van der Waals surface area (Å²) in [6.07, 6.45) is -2.11. The Balaban J connectivity index is 1.45. The average molecular weight is 572 g/mol. The molecule has 1 aromatic heterocycles. The lowest BCUT2D eigenvalue weighted by Gasteiger charge is -2.28. The van der Waals surface area contributed by atoms with Gasteiger partial charge in [-0.1, -0.05) is 0 Å². The Hall–Kier alpha value is -3.40. The number of nitrogens with two attached hydrogens (primary N) is 1. The van der Waals surface area contributed by atoms with Crippen molar-refractivity contribution in [2.45, 2.75) is 45.0 Å². The molecular weight excluding hydrogens is 540 g/mol. The third-order valence-corrected chi connectivity index (χ3v) is 6.60. The first-order valence-corrected chi connectivity index (χ1v) is 13.0. The van der Waals surface area contributed by atoms with Crippen molar-refractivity contribution in [2.24, 2.45) is 5.73 Å². The van der Waals surface area contributed by atoms with Crippen LogP contribution in [0.2, 0.25) is 0 Å². The first-order valence-electron chi connectivity index (χ1n) is 12.2. The molecule has 4 amide bonds. The van der Waals surface area contributed by atoms with E-state index < -0.39 is 42.4 Å². The average Bonchev–Trinajstić information content (AvgIpc) is 3.26. The standard InChI is InChI=1S/C24H31F2N5O7S/c1-13-8-17(25)16(18(26)9-13)12-38-22-20(21(27)35)23(39-30-22)29-24(36)28-3-2-14(32)10-15(33)11-19(34)31-4-6-37-7-5-31/h8-9,14-15,32-33H,2-7,10-12H2,1H3,(H2,27,35)(H2,28,29,36). The fourth-order valence-electron chi connectivity index (χ4n) is 3.84. The quantitative estimate of drug-likeness (QED) is 0.253. The van der Waals surface area contributed by atoms with E-state index in [9.17, 15) is 33.4 Å². The summed E-state index contributed by atoms with van der Waals surface area (Å²) in [5, 5.41) is 25.1. The highest BCUT2D eigenvalue weighted by Gasteiger charge is 2.24. The van der Waals surface area contributed by atoms with E-state index >= 15 is 0 Å². The molecule has 0 aliphatic carbocycles. The van der Waals surface area contributed by atoms with Crippen LogP contribution in [0.5, 0.6) is 5.88 Å².